The molecular formula is C19H20IN2O4PS. The summed E-state index contributed by atoms with van der Waals surface area (Å²) in [7, 11) is -3.57. The molecule has 1 aliphatic rings. The number of amides is 1. The lowest BCUT2D eigenvalue weighted by molar-refractivity contribution is -0.122. The van der Waals surface area contributed by atoms with Crippen LogP contribution in [-0.2, 0) is 25.9 Å². The van der Waals surface area contributed by atoms with Gasteiger partial charge in [-0.2, -0.15) is 0 Å². The van der Waals surface area contributed by atoms with E-state index in [0.717, 1.165) is 28.7 Å². The number of sulfonamides is 1. The Kier molecular flexibility index (Phi) is 7.22. The van der Waals surface area contributed by atoms with E-state index >= 15 is 0 Å². The van der Waals surface area contributed by atoms with Crippen molar-refractivity contribution in [2.75, 3.05) is 0 Å². The van der Waals surface area contributed by atoms with Crippen LogP contribution in [0.15, 0.2) is 53.4 Å². The van der Waals surface area contributed by atoms with E-state index in [0.29, 0.717) is 6.42 Å². The van der Waals surface area contributed by atoms with Crippen molar-refractivity contribution >= 4 is 50.5 Å². The van der Waals surface area contributed by atoms with Crippen LogP contribution in [0.4, 0.5) is 0 Å². The standard InChI is InChI=1S/C19H20IN2O4PS/c1-13-2-7-16(8-3-13)28(24,25)22-18-10-6-15-12-14(4-9-17(15)18)5-11-19(23)21-26-27-20/h2-5,7-9,11-12,18,22,27H,6,10H2,1H3,(H,21,23)/b11-5+. The van der Waals surface area contributed by atoms with Crippen LogP contribution in [0, 0.1) is 6.92 Å². The van der Waals surface area contributed by atoms with Crippen molar-refractivity contribution in [1.82, 2.24) is 10.2 Å². The Labute approximate surface area is 179 Å². The number of carbonyl (C=O) groups excluding carboxylic acids is 1. The van der Waals surface area contributed by atoms with Crippen LogP contribution in [0.1, 0.15) is 34.7 Å². The maximum atomic E-state index is 12.7. The first-order valence-electron chi connectivity index (χ1n) is 8.60. The summed E-state index contributed by atoms with van der Waals surface area (Å²) in [6.07, 6.45) is 4.60. The largest absolute Gasteiger partial charge is 0.268 e. The number of fused-ring (bicyclic) bond motifs is 1. The van der Waals surface area contributed by atoms with E-state index in [-0.39, 0.29) is 23.3 Å². The zero-order chi connectivity index (χ0) is 20.1. The molecule has 1 aliphatic carbocycles. The zero-order valence-electron chi connectivity index (χ0n) is 15.1. The Morgan fingerprint density at radius 2 is 2.00 bits per heavy atom. The summed E-state index contributed by atoms with van der Waals surface area (Å²) in [6.45, 7) is 2.08. The molecule has 2 aromatic rings. The van der Waals surface area contributed by atoms with E-state index < -0.39 is 10.0 Å². The van der Waals surface area contributed by atoms with Gasteiger partial charge in [-0.25, -0.2) is 23.2 Å². The highest BCUT2D eigenvalue weighted by molar-refractivity contribution is 14.2. The molecule has 0 aromatic heterocycles. The number of rotatable bonds is 7. The molecule has 0 bridgehead atoms. The van der Waals surface area contributed by atoms with Crippen molar-refractivity contribution in [2.24, 2.45) is 0 Å². The summed E-state index contributed by atoms with van der Waals surface area (Å²) < 4.78 is 33.0. The number of aryl methyl sites for hydroxylation is 2. The first kappa shape index (κ1) is 21.4. The minimum Gasteiger partial charge on any atom is -0.268 e. The third-order valence-electron chi connectivity index (χ3n) is 4.49. The van der Waals surface area contributed by atoms with E-state index in [4.69, 9.17) is 4.62 Å². The second-order valence-corrected chi connectivity index (χ2v) is 9.86. The molecular weight excluding hydrogens is 510 g/mol. The van der Waals surface area contributed by atoms with Crippen LogP contribution in [0.25, 0.3) is 6.08 Å². The normalized spacial score (nSPS) is 16.7. The lowest BCUT2D eigenvalue weighted by Gasteiger charge is -2.15. The summed E-state index contributed by atoms with van der Waals surface area (Å²) >= 11 is 2.01. The van der Waals surface area contributed by atoms with Crippen molar-refractivity contribution in [1.29, 1.82) is 0 Å². The Bertz CT molecular complexity index is 993. The van der Waals surface area contributed by atoms with Crippen LogP contribution < -0.4 is 10.2 Å². The van der Waals surface area contributed by atoms with Gasteiger partial charge in [0.1, 0.15) is 6.45 Å². The minimum atomic E-state index is -3.57. The van der Waals surface area contributed by atoms with Crippen LogP contribution in [-0.4, -0.2) is 14.3 Å². The Balaban J connectivity index is 1.71. The quantitative estimate of drug-likeness (QED) is 0.246. The molecule has 2 unspecified atom stereocenters. The monoisotopic (exact) mass is 530 g/mol. The van der Waals surface area contributed by atoms with E-state index in [9.17, 15) is 13.2 Å². The number of nitrogens with one attached hydrogen (secondary N) is 2. The summed E-state index contributed by atoms with van der Waals surface area (Å²) in [6, 6.07) is 12.4. The molecule has 2 aromatic carbocycles. The fraction of sp³-hybridized carbons (Fsp3) is 0.211. The first-order valence-corrected chi connectivity index (χ1v) is 14.1. The van der Waals surface area contributed by atoms with Crippen molar-refractivity contribution in [2.45, 2.75) is 30.7 Å². The number of hydroxylamine groups is 1. The predicted molar refractivity (Wildman–Crippen MR) is 120 cm³/mol. The highest BCUT2D eigenvalue weighted by atomic mass is 127. The number of halogens is 1. The summed E-state index contributed by atoms with van der Waals surface area (Å²) in [5, 5.41) is 0. The van der Waals surface area contributed by atoms with Gasteiger partial charge in [0.2, 0.25) is 10.0 Å². The van der Waals surface area contributed by atoms with Crippen molar-refractivity contribution in [3.05, 3.63) is 70.8 Å². The molecule has 0 fully saturated rings. The van der Waals surface area contributed by atoms with Crippen LogP contribution in [0.3, 0.4) is 0 Å². The van der Waals surface area contributed by atoms with Crippen LogP contribution >= 0.6 is 28.5 Å². The highest BCUT2D eigenvalue weighted by Crippen LogP contribution is 2.33. The van der Waals surface area contributed by atoms with E-state index in [1.165, 1.54) is 6.08 Å². The average molecular weight is 530 g/mol. The van der Waals surface area contributed by atoms with Gasteiger partial charge in [-0.15, -0.1) is 0 Å². The minimum absolute atomic E-state index is 0.155. The van der Waals surface area contributed by atoms with Gasteiger partial charge in [-0.3, -0.25) is 4.79 Å². The molecule has 0 radical (unpaired) electrons. The molecule has 1 amide bonds. The summed E-state index contributed by atoms with van der Waals surface area (Å²) in [4.78, 5) is 11.8. The number of carbonyl (C=O) groups is 1. The van der Waals surface area contributed by atoms with Gasteiger partial charge in [0.05, 0.1) is 4.90 Å². The molecule has 0 spiro atoms. The topological polar surface area (TPSA) is 84.5 Å². The van der Waals surface area contributed by atoms with Gasteiger partial charge in [0.15, 0.2) is 0 Å². The Morgan fingerprint density at radius 1 is 1.25 bits per heavy atom. The lowest BCUT2D eigenvalue weighted by Crippen LogP contribution is -2.27. The van der Waals surface area contributed by atoms with E-state index in [1.54, 1.807) is 30.3 Å². The van der Waals surface area contributed by atoms with Gasteiger partial charge in [0, 0.05) is 12.1 Å². The Morgan fingerprint density at radius 3 is 2.71 bits per heavy atom. The average Bonchev–Trinajstić information content (AvgIpc) is 3.06. The molecule has 0 saturated heterocycles. The molecule has 28 heavy (non-hydrogen) atoms. The molecule has 2 atom stereocenters. The third kappa shape index (κ3) is 5.39. The maximum absolute atomic E-state index is 12.7. The number of hydrogen-bond donors (Lipinski definition) is 2. The smallest absolute Gasteiger partial charge is 0.267 e. The second-order valence-electron chi connectivity index (χ2n) is 6.46. The molecule has 9 heteroatoms. The first-order chi connectivity index (χ1) is 13.4. The maximum Gasteiger partial charge on any atom is 0.267 e. The number of benzene rings is 2. The lowest BCUT2D eigenvalue weighted by atomic mass is 10.0. The van der Waals surface area contributed by atoms with Crippen molar-refractivity contribution in [3.63, 3.8) is 0 Å². The predicted octanol–water partition coefficient (Wildman–Crippen LogP) is 3.97. The van der Waals surface area contributed by atoms with Crippen molar-refractivity contribution in [3.8, 4) is 0 Å². The number of hydrogen-bond acceptors (Lipinski definition) is 4. The molecule has 2 N–H and O–H groups in total. The summed E-state index contributed by atoms with van der Waals surface area (Å²) in [5.41, 5.74) is 6.27. The molecule has 3 rings (SSSR count). The molecule has 0 aliphatic heterocycles. The fourth-order valence-electron chi connectivity index (χ4n) is 3.11. The SMILES string of the molecule is Cc1ccc(S(=O)(=O)NC2CCc3cc(/C=C/C(=O)NOPI)ccc32)cc1. The van der Waals surface area contributed by atoms with Gasteiger partial charge < -0.3 is 0 Å². The Hall–Kier alpha value is -1.32. The third-order valence-corrected chi connectivity index (χ3v) is 6.82. The van der Waals surface area contributed by atoms with Gasteiger partial charge in [-0.1, -0.05) is 35.9 Å². The second kappa shape index (κ2) is 9.45. The van der Waals surface area contributed by atoms with Crippen molar-refractivity contribution < 1.29 is 17.8 Å². The molecule has 0 saturated carbocycles. The summed E-state index contributed by atoms with van der Waals surface area (Å²) in [5.74, 6) is -0.326. The van der Waals surface area contributed by atoms with Gasteiger partial charge in [0.25, 0.3) is 5.91 Å². The zero-order valence-corrected chi connectivity index (χ0v) is 19.1. The van der Waals surface area contributed by atoms with E-state index in [2.05, 4.69) is 10.2 Å². The fourth-order valence-corrected chi connectivity index (χ4v) is 4.83. The van der Waals surface area contributed by atoms with Gasteiger partial charge in [-0.05, 0) is 76.7 Å². The molecule has 0 heterocycles. The molecule has 148 valence electrons. The highest BCUT2D eigenvalue weighted by Gasteiger charge is 2.27. The van der Waals surface area contributed by atoms with E-state index in [1.807, 2.05) is 47.2 Å². The molecule has 6 nitrogen and oxygen atoms in total. The van der Waals surface area contributed by atoms with Crippen LogP contribution in [0.2, 0.25) is 0 Å². The van der Waals surface area contributed by atoms with Gasteiger partial charge >= 0.3 is 0 Å². The van der Waals surface area contributed by atoms with Crippen LogP contribution in [0.5, 0.6) is 0 Å².